The van der Waals surface area contributed by atoms with Gasteiger partial charge in [-0.2, -0.15) is 0 Å². The molecule has 0 aromatic heterocycles. The number of carboxylic acid groups (broad SMARTS) is 1. The number of aliphatic hydroxyl groups is 1. The molecule has 2 amide bonds. The zero-order chi connectivity index (χ0) is 12.4. The molecule has 1 atom stereocenters. The number of allylic oxidation sites excluding steroid dienone is 1. The third-order valence-electron chi connectivity index (χ3n) is 1.85. The molecule has 0 aromatic rings. The van der Waals surface area contributed by atoms with Crippen molar-refractivity contribution in [3.05, 3.63) is 12.2 Å². The number of aliphatic hydroxyl groups excluding tert-OH is 1. The van der Waals surface area contributed by atoms with Crippen LogP contribution in [-0.4, -0.2) is 41.4 Å². The topological polar surface area (TPSA) is 98.7 Å². The van der Waals surface area contributed by atoms with Crippen LogP contribution in [0.4, 0.5) is 4.79 Å². The molecule has 0 saturated heterocycles. The molecule has 0 bridgehead atoms. The Hall–Kier alpha value is -1.56. The molecule has 92 valence electrons. The fourth-order valence-electron chi connectivity index (χ4n) is 1.03. The molecule has 0 heterocycles. The van der Waals surface area contributed by atoms with Crippen LogP contribution in [0, 0.1) is 0 Å². The van der Waals surface area contributed by atoms with Gasteiger partial charge in [0.1, 0.15) is 6.04 Å². The van der Waals surface area contributed by atoms with Gasteiger partial charge in [0.15, 0.2) is 0 Å². The van der Waals surface area contributed by atoms with Crippen LogP contribution in [0.1, 0.15) is 19.8 Å². The minimum atomic E-state index is -1.15. The van der Waals surface area contributed by atoms with Crippen LogP contribution >= 0.6 is 0 Å². The summed E-state index contributed by atoms with van der Waals surface area (Å²) in [5.74, 6) is -1.15. The number of carbonyl (C=O) groups excluding carboxylic acids is 1. The molecule has 0 aliphatic rings. The number of carbonyl (C=O) groups is 2. The van der Waals surface area contributed by atoms with Gasteiger partial charge < -0.3 is 20.8 Å². The van der Waals surface area contributed by atoms with E-state index in [0.29, 0.717) is 13.0 Å². The van der Waals surface area contributed by atoms with Gasteiger partial charge in [0, 0.05) is 19.6 Å². The molecule has 4 N–H and O–H groups in total. The molecule has 1 unspecified atom stereocenters. The van der Waals surface area contributed by atoms with Gasteiger partial charge >= 0.3 is 12.0 Å². The van der Waals surface area contributed by atoms with Crippen molar-refractivity contribution < 1.29 is 19.8 Å². The number of urea groups is 1. The first-order valence-electron chi connectivity index (χ1n) is 5.11. The lowest BCUT2D eigenvalue weighted by molar-refractivity contribution is -0.139. The van der Waals surface area contributed by atoms with Crippen LogP contribution in [0.15, 0.2) is 12.2 Å². The highest BCUT2D eigenvalue weighted by Crippen LogP contribution is 1.91. The lowest BCUT2D eigenvalue weighted by Crippen LogP contribution is -2.46. The van der Waals surface area contributed by atoms with E-state index < -0.39 is 18.0 Å². The summed E-state index contributed by atoms with van der Waals surface area (Å²) in [4.78, 5) is 21.8. The van der Waals surface area contributed by atoms with E-state index in [1.807, 2.05) is 19.1 Å². The van der Waals surface area contributed by atoms with Crippen LogP contribution in [0.3, 0.4) is 0 Å². The second kappa shape index (κ2) is 8.72. The minimum absolute atomic E-state index is 0.00236. The van der Waals surface area contributed by atoms with Gasteiger partial charge in [0.25, 0.3) is 0 Å². The smallest absolute Gasteiger partial charge is 0.326 e. The molecule has 0 aliphatic carbocycles. The van der Waals surface area contributed by atoms with Crippen molar-refractivity contribution in [2.45, 2.75) is 25.8 Å². The fourth-order valence-corrected chi connectivity index (χ4v) is 1.03. The minimum Gasteiger partial charge on any atom is -0.480 e. The molecule has 16 heavy (non-hydrogen) atoms. The highest BCUT2D eigenvalue weighted by atomic mass is 16.4. The van der Waals surface area contributed by atoms with Gasteiger partial charge in [-0.25, -0.2) is 9.59 Å². The Morgan fingerprint density at radius 1 is 1.44 bits per heavy atom. The van der Waals surface area contributed by atoms with Gasteiger partial charge in [-0.1, -0.05) is 12.2 Å². The number of hydrogen-bond donors (Lipinski definition) is 4. The second-order valence-corrected chi connectivity index (χ2v) is 3.16. The molecule has 0 spiro atoms. The average molecular weight is 230 g/mol. The van der Waals surface area contributed by atoms with E-state index in [1.165, 1.54) is 0 Å². The van der Waals surface area contributed by atoms with Crippen LogP contribution in [0.25, 0.3) is 0 Å². The summed E-state index contributed by atoms with van der Waals surface area (Å²) in [7, 11) is 0. The maximum Gasteiger partial charge on any atom is 0.326 e. The van der Waals surface area contributed by atoms with Crippen molar-refractivity contribution in [2.75, 3.05) is 13.2 Å². The number of carboxylic acids is 1. The largest absolute Gasteiger partial charge is 0.480 e. The van der Waals surface area contributed by atoms with E-state index in [9.17, 15) is 9.59 Å². The van der Waals surface area contributed by atoms with Crippen LogP contribution in [-0.2, 0) is 4.79 Å². The molecule has 6 heteroatoms. The monoisotopic (exact) mass is 230 g/mol. The summed E-state index contributed by atoms with van der Waals surface area (Å²) < 4.78 is 0. The molecular weight excluding hydrogens is 212 g/mol. The van der Waals surface area contributed by atoms with Crippen LogP contribution in [0.5, 0.6) is 0 Å². The van der Waals surface area contributed by atoms with Gasteiger partial charge in [0.05, 0.1) is 0 Å². The Morgan fingerprint density at radius 3 is 2.62 bits per heavy atom. The summed E-state index contributed by atoms with van der Waals surface area (Å²) in [6.45, 7) is 2.04. The van der Waals surface area contributed by atoms with E-state index in [1.54, 1.807) is 0 Å². The molecule has 0 fully saturated rings. The summed E-state index contributed by atoms with van der Waals surface area (Å²) in [5.41, 5.74) is 0. The fraction of sp³-hybridized carbons (Fsp3) is 0.600. The Morgan fingerprint density at radius 2 is 2.12 bits per heavy atom. The predicted molar refractivity (Wildman–Crippen MR) is 59.1 cm³/mol. The van der Waals surface area contributed by atoms with E-state index >= 15 is 0 Å². The Labute approximate surface area is 94.3 Å². The quantitative estimate of drug-likeness (QED) is 0.368. The number of rotatable bonds is 7. The molecule has 0 aromatic carbocycles. The number of amides is 2. The lowest BCUT2D eigenvalue weighted by Gasteiger charge is -2.13. The van der Waals surface area contributed by atoms with Crippen molar-refractivity contribution in [1.29, 1.82) is 0 Å². The third kappa shape index (κ3) is 6.83. The Kier molecular flexibility index (Phi) is 7.87. The highest BCUT2D eigenvalue weighted by Gasteiger charge is 2.18. The maximum atomic E-state index is 11.2. The summed E-state index contributed by atoms with van der Waals surface area (Å²) in [5, 5.41) is 22.1. The first-order valence-corrected chi connectivity index (χ1v) is 5.11. The van der Waals surface area contributed by atoms with E-state index in [4.69, 9.17) is 10.2 Å². The molecule has 0 saturated carbocycles. The van der Waals surface area contributed by atoms with Crippen molar-refractivity contribution in [3.63, 3.8) is 0 Å². The van der Waals surface area contributed by atoms with Gasteiger partial charge in [-0.3, -0.25) is 0 Å². The first-order chi connectivity index (χ1) is 7.61. The van der Waals surface area contributed by atoms with Gasteiger partial charge in [-0.05, 0) is 13.3 Å². The summed E-state index contributed by atoms with van der Waals surface area (Å²) in [6, 6.07) is -1.59. The molecule has 0 aliphatic heterocycles. The molecule has 0 rings (SSSR count). The van der Waals surface area contributed by atoms with Gasteiger partial charge in [-0.15, -0.1) is 0 Å². The van der Waals surface area contributed by atoms with Gasteiger partial charge in [0.2, 0.25) is 0 Å². The van der Waals surface area contributed by atoms with E-state index in [0.717, 1.165) is 0 Å². The Balaban J connectivity index is 3.86. The summed E-state index contributed by atoms with van der Waals surface area (Å²) >= 11 is 0. The lowest BCUT2D eigenvalue weighted by atomic mass is 10.2. The first kappa shape index (κ1) is 14.4. The molecular formula is C10H18N2O4. The van der Waals surface area contributed by atoms with Crippen LogP contribution in [0.2, 0.25) is 0 Å². The number of aliphatic carboxylic acids is 1. The zero-order valence-electron chi connectivity index (χ0n) is 9.27. The van der Waals surface area contributed by atoms with E-state index in [2.05, 4.69) is 10.6 Å². The molecule has 0 radical (unpaired) electrons. The van der Waals surface area contributed by atoms with Crippen LogP contribution < -0.4 is 10.6 Å². The number of hydrogen-bond acceptors (Lipinski definition) is 3. The normalized spacial score (nSPS) is 12.4. The van der Waals surface area contributed by atoms with Crippen molar-refractivity contribution >= 4 is 12.0 Å². The second-order valence-electron chi connectivity index (χ2n) is 3.16. The standard InChI is InChI=1S/C10H18N2O4/c1-2-3-4-6-11-10(16)12-8(5-7-13)9(14)15/h2-3,8,13H,4-7H2,1H3,(H,14,15)(H2,11,12,16)/b3-2+. The highest BCUT2D eigenvalue weighted by molar-refractivity contribution is 5.82. The van der Waals surface area contributed by atoms with Crippen molar-refractivity contribution in [2.24, 2.45) is 0 Å². The zero-order valence-corrected chi connectivity index (χ0v) is 9.27. The summed E-state index contributed by atoms with van der Waals surface area (Å²) in [6.07, 6.45) is 4.45. The molecule has 6 nitrogen and oxygen atoms in total. The number of nitrogens with one attached hydrogen (secondary N) is 2. The SMILES string of the molecule is C/C=C/CCNC(=O)NC(CCO)C(=O)O. The predicted octanol–water partition coefficient (Wildman–Crippen LogP) is 0.0874. The maximum absolute atomic E-state index is 11.2. The van der Waals surface area contributed by atoms with E-state index in [-0.39, 0.29) is 13.0 Å². The third-order valence-corrected chi connectivity index (χ3v) is 1.85. The Bertz CT molecular complexity index is 253. The van der Waals surface area contributed by atoms with Crippen molar-refractivity contribution in [3.8, 4) is 0 Å². The average Bonchev–Trinajstić information content (AvgIpc) is 2.23. The van der Waals surface area contributed by atoms with Crippen molar-refractivity contribution in [1.82, 2.24) is 10.6 Å².